The van der Waals surface area contributed by atoms with Crippen LogP contribution in [0.2, 0.25) is 0 Å². The number of para-hydroxylation sites is 1. The lowest BCUT2D eigenvalue weighted by Crippen LogP contribution is -2.51. The molecule has 7 nitrogen and oxygen atoms in total. The van der Waals surface area contributed by atoms with E-state index < -0.39 is 28.4 Å². The summed E-state index contributed by atoms with van der Waals surface area (Å²) < 4.78 is 22.8. The molecule has 114 valence electrons. The number of hydrogen-bond acceptors (Lipinski definition) is 4. The molecule has 1 aromatic carbocycles. The summed E-state index contributed by atoms with van der Waals surface area (Å²) in [5.41, 5.74) is 0.471. The first-order valence-corrected chi connectivity index (χ1v) is 8.25. The third-order valence-corrected chi connectivity index (χ3v) is 4.82. The van der Waals surface area contributed by atoms with Gasteiger partial charge in [-0.25, -0.2) is 13.2 Å². The standard InChI is InChI=1S/C13H16N2O5S/c16-12(17)10-15(11-4-2-1-3-5-11)13(18)14-6-8-21(19,20)9-7-14/h1-5H,6-10H2,(H,16,17). The first kappa shape index (κ1) is 15.3. The highest BCUT2D eigenvalue weighted by atomic mass is 32.2. The zero-order valence-electron chi connectivity index (χ0n) is 11.3. The number of benzene rings is 1. The van der Waals surface area contributed by atoms with Crippen molar-refractivity contribution in [3.63, 3.8) is 0 Å². The van der Waals surface area contributed by atoms with E-state index in [4.69, 9.17) is 5.11 Å². The molecule has 2 amide bonds. The molecule has 0 spiro atoms. The Morgan fingerprint density at radius 1 is 1.14 bits per heavy atom. The number of carboxylic acids is 1. The van der Waals surface area contributed by atoms with Crippen molar-refractivity contribution in [2.45, 2.75) is 0 Å². The Morgan fingerprint density at radius 2 is 1.71 bits per heavy atom. The van der Waals surface area contributed by atoms with Crippen molar-refractivity contribution in [3.8, 4) is 0 Å². The number of anilines is 1. The van der Waals surface area contributed by atoms with Gasteiger partial charge in [0.1, 0.15) is 6.54 Å². The molecule has 0 bridgehead atoms. The quantitative estimate of drug-likeness (QED) is 0.873. The Hall–Kier alpha value is -2.09. The molecule has 1 aliphatic rings. The van der Waals surface area contributed by atoms with Crippen molar-refractivity contribution in [1.82, 2.24) is 4.90 Å². The van der Waals surface area contributed by atoms with Crippen LogP contribution in [0.3, 0.4) is 0 Å². The van der Waals surface area contributed by atoms with Gasteiger partial charge in [0.25, 0.3) is 0 Å². The highest BCUT2D eigenvalue weighted by Crippen LogP contribution is 2.16. The average Bonchev–Trinajstić information content (AvgIpc) is 2.45. The molecule has 0 saturated carbocycles. The summed E-state index contributed by atoms with van der Waals surface area (Å²) in [6.45, 7) is -0.291. The summed E-state index contributed by atoms with van der Waals surface area (Å²) in [4.78, 5) is 25.9. The molecular weight excluding hydrogens is 296 g/mol. The van der Waals surface area contributed by atoms with E-state index in [1.54, 1.807) is 30.3 Å². The molecule has 0 radical (unpaired) electrons. The van der Waals surface area contributed by atoms with E-state index >= 15 is 0 Å². The smallest absolute Gasteiger partial charge is 0.325 e. The molecule has 0 aromatic heterocycles. The number of hydrogen-bond donors (Lipinski definition) is 1. The molecule has 1 aromatic rings. The lowest BCUT2D eigenvalue weighted by molar-refractivity contribution is -0.135. The number of nitrogens with zero attached hydrogens (tertiary/aromatic N) is 2. The fraction of sp³-hybridized carbons (Fsp3) is 0.385. The van der Waals surface area contributed by atoms with Gasteiger partial charge in [-0.1, -0.05) is 18.2 Å². The highest BCUT2D eigenvalue weighted by Gasteiger charge is 2.29. The zero-order valence-corrected chi connectivity index (χ0v) is 12.1. The fourth-order valence-electron chi connectivity index (χ4n) is 2.09. The number of carbonyl (C=O) groups is 2. The largest absolute Gasteiger partial charge is 0.480 e. The topological polar surface area (TPSA) is 95.0 Å². The van der Waals surface area contributed by atoms with Gasteiger partial charge in [0.05, 0.1) is 11.5 Å². The zero-order chi connectivity index (χ0) is 15.5. The first-order valence-electron chi connectivity index (χ1n) is 6.43. The Balaban J connectivity index is 2.17. The second-order valence-corrected chi connectivity index (χ2v) is 7.04. The van der Waals surface area contributed by atoms with Crippen molar-refractivity contribution < 1.29 is 23.1 Å². The Labute approximate surface area is 122 Å². The Kier molecular flexibility index (Phi) is 4.46. The number of amides is 2. The maximum atomic E-state index is 12.4. The van der Waals surface area contributed by atoms with Crippen LogP contribution in [0.1, 0.15) is 0 Å². The van der Waals surface area contributed by atoms with Crippen LogP contribution in [0.4, 0.5) is 10.5 Å². The minimum absolute atomic E-state index is 0.0874. The normalized spacial score (nSPS) is 17.2. The summed E-state index contributed by atoms with van der Waals surface area (Å²) in [5.74, 6) is -1.31. The fourth-order valence-corrected chi connectivity index (χ4v) is 3.29. The van der Waals surface area contributed by atoms with Gasteiger partial charge in [-0.3, -0.25) is 9.69 Å². The van der Waals surface area contributed by atoms with Crippen LogP contribution < -0.4 is 4.90 Å². The number of carboxylic acid groups (broad SMARTS) is 1. The minimum Gasteiger partial charge on any atom is -0.480 e. The predicted octanol–water partition coefficient (Wildman–Crippen LogP) is 0.428. The van der Waals surface area contributed by atoms with Crippen LogP contribution in [0, 0.1) is 0 Å². The van der Waals surface area contributed by atoms with E-state index in [0.717, 1.165) is 4.90 Å². The van der Waals surface area contributed by atoms with Gasteiger partial charge in [0.15, 0.2) is 9.84 Å². The van der Waals surface area contributed by atoms with Gasteiger partial charge in [-0.15, -0.1) is 0 Å². The number of aliphatic carboxylic acids is 1. The van der Waals surface area contributed by atoms with E-state index in [1.807, 2.05) is 0 Å². The van der Waals surface area contributed by atoms with Gasteiger partial charge in [-0.2, -0.15) is 0 Å². The lowest BCUT2D eigenvalue weighted by Gasteiger charge is -2.32. The monoisotopic (exact) mass is 312 g/mol. The molecule has 1 heterocycles. The number of urea groups is 1. The lowest BCUT2D eigenvalue weighted by atomic mass is 10.3. The van der Waals surface area contributed by atoms with Crippen LogP contribution >= 0.6 is 0 Å². The van der Waals surface area contributed by atoms with Crippen LogP contribution in [0.15, 0.2) is 30.3 Å². The molecular formula is C13H16N2O5S. The van der Waals surface area contributed by atoms with Crippen LogP contribution in [0.5, 0.6) is 0 Å². The van der Waals surface area contributed by atoms with Crippen molar-refractivity contribution in [2.75, 3.05) is 36.0 Å². The summed E-state index contributed by atoms with van der Waals surface area (Å²) in [6.07, 6.45) is 0. The molecule has 1 fully saturated rings. The molecule has 8 heteroatoms. The average molecular weight is 312 g/mol. The van der Waals surface area contributed by atoms with Crippen LogP contribution in [0.25, 0.3) is 0 Å². The molecule has 0 atom stereocenters. The van der Waals surface area contributed by atoms with Crippen molar-refractivity contribution in [2.24, 2.45) is 0 Å². The van der Waals surface area contributed by atoms with E-state index in [1.165, 1.54) is 4.90 Å². The second-order valence-electron chi connectivity index (χ2n) is 4.74. The summed E-state index contributed by atoms with van der Waals surface area (Å²) in [5, 5.41) is 8.97. The Bertz CT molecular complexity index is 615. The SMILES string of the molecule is O=C(O)CN(C(=O)N1CCS(=O)(=O)CC1)c1ccccc1. The first-order chi connectivity index (χ1) is 9.89. The maximum absolute atomic E-state index is 12.4. The molecule has 1 saturated heterocycles. The molecule has 21 heavy (non-hydrogen) atoms. The van der Waals surface area contributed by atoms with E-state index in [0.29, 0.717) is 5.69 Å². The van der Waals surface area contributed by atoms with Gasteiger partial charge >= 0.3 is 12.0 Å². The Morgan fingerprint density at radius 3 is 2.24 bits per heavy atom. The number of carbonyl (C=O) groups excluding carboxylic acids is 1. The number of sulfone groups is 1. The second kappa shape index (κ2) is 6.13. The molecule has 1 aliphatic heterocycles. The number of rotatable bonds is 3. The summed E-state index contributed by atoms with van der Waals surface area (Å²) in [6, 6.07) is 7.97. The third kappa shape index (κ3) is 3.94. The summed E-state index contributed by atoms with van der Waals surface area (Å²) in [7, 11) is -3.09. The van der Waals surface area contributed by atoms with E-state index in [2.05, 4.69) is 0 Å². The van der Waals surface area contributed by atoms with Crippen molar-refractivity contribution >= 4 is 27.5 Å². The highest BCUT2D eigenvalue weighted by molar-refractivity contribution is 7.91. The van der Waals surface area contributed by atoms with Gasteiger partial charge in [0.2, 0.25) is 0 Å². The molecule has 0 unspecified atom stereocenters. The van der Waals surface area contributed by atoms with E-state index in [9.17, 15) is 18.0 Å². The van der Waals surface area contributed by atoms with E-state index in [-0.39, 0.29) is 24.6 Å². The van der Waals surface area contributed by atoms with Crippen LogP contribution in [-0.4, -0.2) is 61.6 Å². The maximum Gasteiger partial charge on any atom is 0.325 e. The molecule has 1 N–H and O–H groups in total. The van der Waals surface area contributed by atoms with Crippen LogP contribution in [-0.2, 0) is 14.6 Å². The minimum atomic E-state index is -3.09. The van der Waals surface area contributed by atoms with Crippen molar-refractivity contribution in [1.29, 1.82) is 0 Å². The van der Waals surface area contributed by atoms with Gasteiger partial charge in [0, 0.05) is 18.8 Å². The predicted molar refractivity (Wildman–Crippen MR) is 77.0 cm³/mol. The van der Waals surface area contributed by atoms with Gasteiger partial charge < -0.3 is 10.0 Å². The van der Waals surface area contributed by atoms with Gasteiger partial charge in [-0.05, 0) is 12.1 Å². The third-order valence-electron chi connectivity index (χ3n) is 3.21. The summed E-state index contributed by atoms with van der Waals surface area (Å²) >= 11 is 0. The molecule has 0 aliphatic carbocycles. The van der Waals surface area contributed by atoms with Crippen molar-refractivity contribution in [3.05, 3.63) is 30.3 Å². The molecule has 2 rings (SSSR count).